The van der Waals surface area contributed by atoms with E-state index >= 15 is 0 Å². The van der Waals surface area contributed by atoms with Crippen molar-refractivity contribution < 1.29 is 8.78 Å². The van der Waals surface area contributed by atoms with Crippen LogP contribution in [-0.2, 0) is 5.75 Å². The quantitative estimate of drug-likeness (QED) is 0.853. The molecule has 110 valence electrons. The Hall–Kier alpha value is -1.22. The Labute approximate surface area is 123 Å². The fourth-order valence-electron chi connectivity index (χ4n) is 1.40. The van der Waals surface area contributed by atoms with E-state index in [2.05, 4.69) is 20.5 Å². The van der Waals surface area contributed by atoms with E-state index in [9.17, 15) is 8.78 Å². The second-order valence-electron chi connectivity index (χ2n) is 5.07. The van der Waals surface area contributed by atoms with Gasteiger partial charge in [0, 0.05) is 17.9 Å². The molecule has 0 aliphatic carbocycles. The Balaban J connectivity index is 1.96. The molecule has 0 spiro atoms. The lowest BCUT2D eigenvalue weighted by Gasteiger charge is -2.18. The molecular formula is C11H15F2N5S2. The first-order valence-corrected chi connectivity index (χ1v) is 7.70. The van der Waals surface area contributed by atoms with Gasteiger partial charge in [-0.2, -0.15) is 8.78 Å². The van der Waals surface area contributed by atoms with Crippen molar-refractivity contribution in [1.29, 1.82) is 0 Å². The Morgan fingerprint density at radius 1 is 1.40 bits per heavy atom. The summed E-state index contributed by atoms with van der Waals surface area (Å²) in [6.07, 6.45) is 2.64. The monoisotopic (exact) mass is 319 g/mol. The normalized spacial score (nSPS) is 12.1. The van der Waals surface area contributed by atoms with Crippen molar-refractivity contribution in [3.05, 3.63) is 18.2 Å². The molecule has 0 aliphatic rings. The maximum absolute atomic E-state index is 12.7. The topological polar surface area (TPSA) is 55.6 Å². The highest BCUT2D eigenvalue weighted by Gasteiger charge is 2.15. The predicted octanol–water partition coefficient (Wildman–Crippen LogP) is 3.63. The standard InChI is InChI=1S/C11H15F2N5S2/c1-11(2,3)15-9-16-17-10(20-9)19-6-7-14-4-5-18(7)8(12)13/h4-5,8H,6H2,1-3H3,(H,15,16). The smallest absolute Gasteiger partial charge is 0.319 e. The van der Waals surface area contributed by atoms with E-state index in [-0.39, 0.29) is 5.54 Å². The van der Waals surface area contributed by atoms with Gasteiger partial charge in [0.05, 0.1) is 5.75 Å². The van der Waals surface area contributed by atoms with Crippen LogP contribution in [0.4, 0.5) is 13.9 Å². The number of imidazole rings is 1. The highest BCUT2D eigenvalue weighted by molar-refractivity contribution is 8.00. The van der Waals surface area contributed by atoms with E-state index < -0.39 is 6.55 Å². The van der Waals surface area contributed by atoms with Gasteiger partial charge in [-0.15, -0.1) is 10.2 Å². The summed E-state index contributed by atoms with van der Waals surface area (Å²) in [5, 5.41) is 12.0. The zero-order chi connectivity index (χ0) is 14.8. The first-order valence-electron chi connectivity index (χ1n) is 5.89. The fraction of sp³-hybridized carbons (Fsp3) is 0.545. The zero-order valence-corrected chi connectivity index (χ0v) is 12.9. The summed E-state index contributed by atoms with van der Waals surface area (Å²) in [5.74, 6) is 0.659. The number of anilines is 1. The molecule has 0 saturated carbocycles. The minimum Gasteiger partial charge on any atom is -0.355 e. The molecule has 0 saturated heterocycles. The third-order valence-electron chi connectivity index (χ3n) is 2.17. The van der Waals surface area contributed by atoms with Gasteiger partial charge in [0.15, 0.2) is 4.34 Å². The summed E-state index contributed by atoms with van der Waals surface area (Å²) < 4.78 is 26.9. The first-order chi connectivity index (χ1) is 9.35. The molecule has 0 atom stereocenters. The molecule has 9 heteroatoms. The molecule has 0 radical (unpaired) electrons. The average molecular weight is 319 g/mol. The SMILES string of the molecule is CC(C)(C)Nc1nnc(SCc2nccn2C(F)F)s1. The van der Waals surface area contributed by atoms with Gasteiger partial charge < -0.3 is 5.32 Å². The summed E-state index contributed by atoms with van der Waals surface area (Å²) in [6, 6.07) is 0. The Morgan fingerprint density at radius 3 is 2.80 bits per heavy atom. The van der Waals surface area contributed by atoms with Crippen molar-refractivity contribution in [2.45, 2.75) is 43.0 Å². The Kier molecular flexibility index (Phi) is 4.59. The van der Waals surface area contributed by atoms with Crippen LogP contribution in [-0.4, -0.2) is 25.3 Å². The van der Waals surface area contributed by atoms with Crippen LogP contribution in [0.1, 0.15) is 33.1 Å². The molecule has 2 aromatic rings. The molecule has 0 aliphatic heterocycles. The van der Waals surface area contributed by atoms with Gasteiger partial charge in [0.2, 0.25) is 5.13 Å². The lowest BCUT2D eigenvalue weighted by atomic mass is 10.1. The maximum atomic E-state index is 12.7. The van der Waals surface area contributed by atoms with Crippen LogP contribution in [0.25, 0.3) is 0 Å². The number of rotatable bonds is 5. The number of hydrogen-bond donors (Lipinski definition) is 1. The number of aromatic nitrogens is 4. The summed E-state index contributed by atoms with van der Waals surface area (Å²) in [4.78, 5) is 3.92. The molecule has 1 N–H and O–H groups in total. The van der Waals surface area contributed by atoms with Crippen LogP contribution < -0.4 is 5.32 Å². The van der Waals surface area contributed by atoms with Crippen molar-refractivity contribution in [3.63, 3.8) is 0 Å². The van der Waals surface area contributed by atoms with E-state index in [1.807, 2.05) is 20.8 Å². The number of nitrogens with zero attached hydrogens (tertiary/aromatic N) is 4. The van der Waals surface area contributed by atoms with Crippen LogP contribution in [0.3, 0.4) is 0 Å². The van der Waals surface area contributed by atoms with Gasteiger partial charge in [-0.05, 0) is 20.8 Å². The molecule has 2 aromatic heterocycles. The van der Waals surface area contributed by atoms with E-state index in [1.54, 1.807) is 0 Å². The Morgan fingerprint density at radius 2 is 2.15 bits per heavy atom. The van der Waals surface area contributed by atoms with Gasteiger partial charge in [-0.3, -0.25) is 4.57 Å². The van der Waals surface area contributed by atoms with Crippen LogP contribution in [0.5, 0.6) is 0 Å². The van der Waals surface area contributed by atoms with Crippen LogP contribution in [0.2, 0.25) is 0 Å². The van der Waals surface area contributed by atoms with Crippen molar-refractivity contribution in [1.82, 2.24) is 19.7 Å². The predicted molar refractivity (Wildman–Crippen MR) is 76.3 cm³/mol. The van der Waals surface area contributed by atoms with Gasteiger partial charge >= 0.3 is 6.55 Å². The number of thioether (sulfide) groups is 1. The number of nitrogens with one attached hydrogen (secondary N) is 1. The highest BCUT2D eigenvalue weighted by Crippen LogP contribution is 2.29. The third-order valence-corrected chi connectivity index (χ3v) is 4.14. The molecule has 2 heterocycles. The molecule has 0 bridgehead atoms. The molecule has 5 nitrogen and oxygen atoms in total. The molecule has 0 aromatic carbocycles. The van der Waals surface area contributed by atoms with Gasteiger partial charge in [-0.25, -0.2) is 4.98 Å². The fourth-order valence-corrected chi connectivity index (χ4v) is 3.31. The summed E-state index contributed by atoms with van der Waals surface area (Å²) in [6.45, 7) is 3.52. The highest BCUT2D eigenvalue weighted by atomic mass is 32.2. The van der Waals surface area contributed by atoms with Gasteiger partial charge in [-0.1, -0.05) is 23.1 Å². The second-order valence-corrected chi connectivity index (χ2v) is 7.27. The van der Waals surface area contributed by atoms with Crippen molar-refractivity contribution >= 4 is 28.2 Å². The summed E-state index contributed by atoms with van der Waals surface area (Å²) >= 11 is 2.75. The average Bonchev–Trinajstić information content (AvgIpc) is 2.92. The molecular weight excluding hydrogens is 304 g/mol. The van der Waals surface area contributed by atoms with Crippen molar-refractivity contribution in [3.8, 4) is 0 Å². The largest absolute Gasteiger partial charge is 0.355 e. The molecule has 0 fully saturated rings. The maximum Gasteiger partial charge on any atom is 0.319 e. The van der Waals surface area contributed by atoms with Crippen LogP contribution in [0, 0.1) is 0 Å². The van der Waals surface area contributed by atoms with Crippen LogP contribution >= 0.6 is 23.1 Å². The minimum atomic E-state index is -2.57. The zero-order valence-electron chi connectivity index (χ0n) is 11.3. The number of alkyl halides is 2. The number of hydrogen-bond acceptors (Lipinski definition) is 6. The van der Waals surface area contributed by atoms with E-state index in [0.717, 1.165) is 14.0 Å². The molecule has 0 amide bonds. The molecule has 20 heavy (non-hydrogen) atoms. The lowest BCUT2D eigenvalue weighted by Crippen LogP contribution is -2.25. The van der Waals surface area contributed by atoms with E-state index in [0.29, 0.717) is 11.6 Å². The summed E-state index contributed by atoms with van der Waals surface area (Å²) in [7, 11) is 0. The second kappa shape index (κ2) is 6.04. The molecule has 0 unspecified atom stereocenters. The Bertz CT molecular complexity index is 561. The first kappa shape index (κ1) is 15.2. The third kappa shape index (κ3) is 4.14. The van der Waals surface area contributed by atoms with Crippen molar-refractivity contribution in [2.24, 2.45) is 0 Å². The lowest BCUT2D eigenvalue weighted by molar-refractivity contribution is 0.0678. The van der Waals surface area contributed by atoms with Crippen molar-refractivity contribution in [2.75, 3.05) is 5.32 Å². The minimum absolute atomic E-state index is 0.0899. The van der Waals surface area contributed by atoms with Gasteiger partial charge in [0.1, 0.15) is 5.82 Å². The van der Waals surface area contributed by atoms with Crippen LogP contribution in [0.15, 0.2) is 16.7 Å². The molecule has 2 rings (SSSR count). The van der Waals surface area contributed by atoms with Gasteiger partial charge in [0.25, 0.3) is 0 Å². The van der Waals surface area contributed by atoms with E-state index in [4.69, 9.17) is 0 Å². The summed E-state index contributed by atoms with van der Waals surface area (Å²) in [5.41, 5.74) is -0.0899. The van der Waals surface area contributed by atoms with E-state index in [1.165, 1.54) is 35.5 Å². The number of halogens is 2.